The number of nitrogens with one attached hydrogen (secondary N) is 1. The van der Waals surface area contributed by atoms with Crippen molar-refractivity contribution in [3.05, 3.63) is 59.4 Å². The van der Waals surface area contributed by atoms with Crippen LogP contribution in [0.15, 0.2) is 42.5 Å². The van der Waals surface area contributed by atoms with Crippen LogP contribution in [0.5, 0.6) is 0 Å². The molecule has 0 spiro atoms. The summed E-state index contributed by atoms with van der Waals surface area (Å²) < 4.78 is 13.9. The molecule has 3 rings (SSSR count). The first kappa shape index (κ1) is 17.9. The van der Waals surface area contributed by atoms with Crippen LogP contribution >= 0.6 is 0 Å². The first-order valence-electron chi connectivity index (χ1n) is 8.62. The van der Waals surface area contributed by atoms with Gasteiger partial charge in [0.2, 0.25) is 5.91 Å². The summed E-state index contributed by atoms with van der Waals surface area (Å²) in [6, 6.07) is 12.0. The monoisotopic (exact) mass is 355 g/mol. The van der Waals surface area contributed by atoms with E-state index in [0.29, 0.717) is 43.1 Å². The van der Waals surface area contributed by atoms with E-state index < -0.39 is 0 Å². The number of anilines is 2. The fourth-order valence-corrected chi connectivity index (χ4v) is 3.12. The van der Waals surface area contributed by atoms with Gasteiger partial charge in [-0.1, -0.05) is 18.2 Å². The second-order valence-corrected chi connectivity index (χ2v) is 6.44. The van der Waals surface area contributed by atoms with Gasteiger partial charge >= 0.3 is 0 Å². The van der Waals surface area contributed by atoms with E-state index in [4.69, 9.17) is 0 Å². The van der Waals surface area contributed by atoms with Crippen LogP contribution in [-0.2, 0) is 4.79 Å². The van der Waals surface area contributed by atoms with Gasteiger partial charge in [-0.15, -0.1) is 0 Å². The number of rotatable bonds is 3. The van der Waals surface area contributed by atoms with Crippen molar-refractivity contribution >= 4 is 23.2 Å². The third-order valence-corrected chi connectivity index (χ3v) is 4.56. The van der Waals surface area contributed by atoms with Gasteiger partial charge in [-0.3, -0.25) is 9.59 Å². The summed E-state index contributed by atoms with van der Waals surface area (Å²) in [5.41, 5.74) is 2.66. The highest BCUT2D eigenvalue weighted by atomic mass is 19.1. The van der Waals surface area contributed by atoms with E-state index in [2.05, 4.69) is 5.32 Å². The van der Waals surface area contributed by atoms with E-state index in [-0.39, 0.29) is 17.6 Å². The molecule has 0 atom stereocenters. The molecule has 1 heterocycles. The number of carbonyl (C=O) groups is 2. The van der Waals surface area contributed by atoms with Crippen LogP contribution in [0.25, 0.3) is 0 Å². The van der Waals surface area contributed by atoms with E-state index in [1.807, 2.05) is 24.0 Å². The number of hydrogen-bond donors (Lipinski definition) is 1. The van der Waals surface area contributed by atoms with Crippen LogP contribution in [-0.4, -0.2) is 42.9 Å². The van der Waals surface area contributed by atoms with Crippen molar-refractivity contribution in [3.63, 3.8) is 0 Å². The van der Waals surface area contributed by atoms with Gasteiger partial charge in [-0.05, 0) is 36.8 Å². The van der Waals surface area contributed by atoms with Crippen molar-refractivity contribution < 1.29 is 14.0 Å². The van der Waals surface area contributed by atoms with Crippen LogP contribution in [0.1, 0.15) is 22.8 Å². The second-order valence-electron chi connectivity index (χ2n) is 6.44. The maximum Gasteiger partial charge on any atom is 0.254 e. The summed E-state index contributed by atoms with van der Waals surface area (Å²) in [5.74, 6) is -0.494. The molecule has 1 aliphatic heterocycles. The summed E-state index contributed by atoms with van der Waals surface area (Å²) in [4.78, 5) is 27.8. The number of hydrogen-bond acceptors (Lipinski definition) is 3. The molecule has 26 heavy (non-hydrogen) atoms. The van der Waals surface area contributed by atoms with Gasteiger partial charge in [-0.2, -0.15) is 0 Å². The lowest BCUT2D eigenvalue weighted by atomic mass is 10.1. The zero-order valence-corrected chi connectivity index (χ0v) is 15.0. The fraction of sp³-hybridized carbons (Fsp3) is 0.300. The number of aryl methyl sites for hydroxylation is 1. The molecule has 0 bridgehead atoms. The number of carbonyl (C=O) groups excluding carboxylic acids is 2. The van der Waals surface area contributed by atoms with Crippen LogP contribution < -0.4 is 10.2 Å². The minimum Gasteiger partial charge on any atom is -0.366 e. The number of halogens is 1. The highest BCUT2D eigenvalue weighted by Gasteiger charge is 2.24. The lowest BCUT2D eigenvalue weighted by Crippen LogP contribution is -2.49. The van der Waals surface area contributed by atoms with Crippen molar-refractivity contribution in [1.82, 2.24) is 4.90 Å². The van der Waals surface area contributed by atoms with Gasteiger partial charge in [0.15, 0.2) is 0 Å². The SMILES string of the molecule is CC(=O)Nc1cc(C(=O)N2CCN(c3ccccc3F)CC2)ccc1C. The summed E-state index contributed by atoms with van der Waals surface area (Å²) >= 11 is 0. The highest BCUT2D eigenvalue weighted by molar-refractivity contribution is 5.97. The number of benzene rings is 2. The molecule has 0 unspecified atom stereocenters. The van der Waals surface area contributed by atoms with Gasteiger partial charge in [0, 0.05) is 44.4 Å². The average molecular weight is 355 g/mol. The molecule has 6 heteroatoms. The predicted octanol–water partition coefficient (Wildman–Crippen LogP) is 3.05. The third kappa shape index (κ3) is 3.85. The normalized spacial score (nSPS) is 14.3. The molecule has 1 N–H and O–H groups in total. The van der Waals surface area contributed by atoms with Crippen molar-refractivity contribution in [2.75, 3.05) is 36.4 Å². The van der Waals surface area contributed by atoms with Crippen LogP contribution in [0.3, 0.4) is 0 Å². The Morgan fingerprint density at radius 3 is 2.38 bits per heavy atom. The minimum atomic E-state index is -0.245. The Balaban J connectivity index is 1.69. The lowest BCUT2D eigenvalue weighted by Gasteiger charge is -2.36. The molecule has 0 aromatic heterocycles. The number of piperazine rings is 1. The quantitative estimate of drug-likeness (QED) is 0.921. The largest absolute Gasteiger partial charge is 0.366 e. The maximum absolute atomic E-state index is 13.9. The molecule has 2 aromatic carbocycles. The Labute approximate surface area is 152 Å². The van der Waals surface area contributed by atoms with E-state index >= 15 is 0 Å². The summed E-state index contributed by atoms with van der Waals surface area (Å²) in [7, 11) is 0. The zero-order chi connectivity index (χ0) is 18.7. The highest BCUT2D eigenvalue weighted by Crippen LogP contribution is 2.22. The van der Waals surface area contributed by atoms with E-state index in [9.17, 15) is 14.0 Å². The van der Waals surface area contributed by atoms with Gasteiger partial charge in [0.25, 0.3) is 5.91 Å². The molecule has 2 aromatic rings. The van der Waals surface area contributed by atoms with Gasteiger partial charge in [-0.25, -0.2) is 4.39 Å². The summed E-state index contributed by atoms with van der Waals surface area (Å²) in [6.45, 7) is 5.53. The standard InChI is InChI=1S/C20H22FN3O2/c1-14-7-8-16(13-18(14)22-15(2)25)20(26)24-11-9-23(10-12-24)19-6-4-3-5-17(19)21/h3-8,13H,9-12H2,1-2H3,(H,22,25). The minimum absolute atomic E-state index is 0.0789. The molecule has 0 aliphatic carbocycles. The first-order valence-corrected chi connectivity index (χ1v) is 8.62. The van der Waals surface area contributed by atoms with E-state index in [1.54, 1.807) is 29.2 Å². The van der Waals surface area contributed by atoms with Crippen molar-refractivity contribution in [2.45, 2.75) is 13.8 Å². The third-order valence-electron chi connectivity index (χ3n) is 4.56. The molecule has 1 saturated heterocycles. The Bertz CT molecular complexity index is 830. The molecule has 5 nitrogen and oxygen atoms in total. The molecule has 0 radical (unpaired) electrons. The Morgan fingerprint density at radius 1 is 1.04 bits per heavy atom. The predicted molar refractivity (Wildman–Crippen MR) is 100.0 cm³/mol. The smallest absolute Gasteiger partial charge is 0.254 e. The van der Waals surface area contributed by atoms with Gasteiger partial charge < -0.3 is 15.1 Å². The van der Waals surface area contributed by atoms with Crippen molar-refractivity contribution in [1.29, 1.82) is 0 Å². The molecular weight excluding hydrogens is 333 g/mol. The summed E-state index contributed by atoms with van der Waals surface area (Å²) in [6.07, 6.45) is 0. The van der Waals surface area contributed by atoms with E-state index in [0.717, 1.165) is 5.56 Å². The average Bonchev–Trinajstić information content (AvgIpc) is 2.63. The van der Waals surface area contributed by atoms with Crippen LogP contribution in [0, 0.1) is 12.7 Å². The molecule has 0 saturated carbocycles. The Hall–Kier alpha value is -2.89. The lowest BCUT2D eigenvalue weighted by molar-refractivity contribution is -0.114. The maximum atomic E-state index is 13.9. The second kappa shape index (κ2) is 7.56. The van der Waals surface area contributed by atoms with Crippen molar-refractivity contribution in [3.8, 4) is 0 Å². The molecule has 1 fully saturated rings. The first-order chi connectivity index (χ1) is 12.5. The molecule has 136 valence electrons. The number of amides is 2. The van der Waals surface area contributed by atoms with Crippen molar-refractivity contribution in [2.24, 2.45) is 0 Å². The van der Waals surface area contributed by atoms with E-state index in [1.165, 1.54) is 13.0 Å². The Morgan fingerprint density at radius 2 is 1.73 bits per heavy atom. The van der Waals surface area contributed by atoms with Gasteiger partial charge in [0.1, 0.15) is 5.82 Å². The molecule has 2 amide bonds. The van der Waals surface area contributed by atoms with Gasteiger partial charge in [0.05, 0.1) is 5.69 Å². The Kier molecular flexibility index (Phi) is 5.21. The summed E-state index contributed by atoms with van der Waals surface area (Å²) in [5, 5.41) is 2.75. The number of para-hydroxylation sites is 1. The fourth-order valence-electron chi connectivity index (χ4n) is 3.12. The zero-order valence-electron chi connectivity index (χ0n) is 15.0. The molecular formula is C20H22FN3O2. The number of nitrogens with zero attached hydrogens (tertiary/aromatic N) is 2. The molecule has 1 aliphatic rings. The van der Waals surface area contributed by atoms with Crippen LogP contribution in [0.2, 0.25) is 0 Å². The van der Waals surface area contributed by atoms with Crippen LogP contribution in [0.4, 0.5) is 15.8 Å². The topological polar surface area (TPSA) is 52.7 Å².